The Morgan fingerprint density at radius 1 is 1.29 bits per heavy atom. The summed E-state index contributed by atoms with van der Waals surface area (Å²) in [6.45, 7) is 3.09. The van der Waals surface area contributed by atoms with Crippen LogP contribution < -0.4 is 0 Å². The third-order valence-electron chi connectivity index (χ3n) is 3.93. The molecule has 2 atom stereocenters. The zero-order chi connectivity index (χ0) is 14.8. The van der Waals surface area contributed by atoms with Crippen molar-refractivity contribution < 1.29 is 9.53 Å². The molecule has 1 heterocycles. The quantitative estimate of drug-likeness (QED) is 0.797. The van der Waals surface area contributed by atoms with Crippen molar-refractivity contribution in [2.75, 3.05) is 19.0 Å². The SMILES string of the molecule is CC1COC(CCl)CN1C(=O)c1ccc2ccccc2c1. The number of halogens is 1. The fourth-order valence-electron chi connectivity index (χ4n) is 2.68. The van der Waals surface area contributed by atoms with Gasteiger partial charge < -0.3 is 9.64 Å². The van der Waals surface area contributed by atoms with Crippen molar-refractivity contribution >= 4 is 28.3 Å². The highest BCUT2D eigenvalue weighted by atomic mass is 35.5. The van der Waals surface area contributed by atoms with E-state index in [0.717, 1.165) is 16.3 Å². The van der Waals surface area contributed by atoms with Crippen molar-refractivity contribution in [3.8, 4) is 0 Å². The van der Waals surface area contributed by atoms with Crippen molar-refractivity contribution in [1.29, 1.82) is 0 Å². The predicted molar refractivity (Wildman–Crippen MR) is 84.9 cm³/mol. The lowest BCUT2D eigenvalue weighted by Crippen LogP contribution is -2.51. The van der Waals surface area contributed by atoms with Gasteiger partial charge in [-0.1, -0.05) is 30.3 Å². The van der Waals surface area contributed by atoms with E-state index < -0.39 is 0 Å². The average Bonchev–Trinajstić information content (AvgIpc) is 2.54. The van der Waals surface area contributed by atoms with Crippen LogP contribution in [0.25, 0.3) is 10.8 Å². The molecule has 0 N–H and O–H groups in total. The van der Waals surface area contributed by atoms with Gasteiger partial charge in [-0.15, -0.1) is 11.6 Å². The second kappa shape index (κ2) is 6.04. The smallest absolute Gasteiger partial charge is 0.254 e. The number of benzene rings is 2. The van der Waals surface area contributed by atoms with Crippen molar-refractivity contribution in [2.45, 2.75) is 19.1 Å². The molecule has 0 saturated carbocycles. The Balaban J connectivity index is 1.88. The van der Waals surface area contributed by atoms with Crippen LogP contribution >= 0.6 is 11.6 Å². The minimum absolute atomic E-state index is 0.0478. The molecule has 1 aliphatic heterocycles. The molecule has 0 bridgehead atoms. The molecule has 2 unspecified atom stereocenters. The monoisotopic (exact) mass is 303 g/mol. The number of carbonyl (C=O) groups excluding carboxylic acids is 1. The first-order chi connectivity index (χ1) is 10.2. The summed E-state index contributed by atoms with van der Waals surface area (Å²) in [7, 11) is 0. The molecule has 4 heteroatoms. The highest BCUT2D eigenvalue weighted by Crippen LogP contribution is 2.20. The van der Waals surface area contributed by atoms with Crippen LogP contribution in [-0.2, 0) is 4.74 Å². The van der Waals surface area contributed by atoms with Crippen LogP contribution in [0.15, 0.2) is 42.5 Å². The van der Waals surface area contributed by atoms with E-state index in [-0.39, 0.29) is 18.1 Å². The van der Waals surface area contributed by atoms with Gasteiger partial charge in [0.2, 0.25) is 0 Å². The van der Waals surface area contributed by atoms with Crippen LogP contribution in [0.4, 0.5) is 0 Å². The van der Waals surface area contributed by atoms with Gasteiger partial charge in [0.15, 0.2) is 0 Å². The van der Waals surface area contributed by atoms with Crippen molar-refractivity contribution in [3.63, 3.8) is 0 Å². The number of rotatable bonds is 2. The van der Waals surface area contributed by atoms with Crippen LogP contribution in [0.5, 0.6) is 0 Å². The molecule has 1 saturated heterocycles. The standard InChI is InChI=1S/C17H18ClNO2/c1-12-11-21-16(9-18)10-19(12)17(20)15-7-6-13-4-2-3-5-14(13)8-15/h2-8,12,16H,9-11H2,1H3. The van der Waals surface area contributed by atoms with E-state index in [1.165, 1.54) is 0 Å². The normalized spacial score (nSPS) is 22.5. The Labute approximate surface area is 129 Å². The summed E-state index contributed by atoms with van der Waals surface area (Å²) in [5, 5.41) is 2.22. The number of amides is 1. The molecule has 1 fully saturated rings. The van der Waals surface area contributed by atoms with E-state index in [9.17, 15) is 4.79 Å². The first-order valence-corrected chi connectivity index (χ1v) is 7.70. The van der Waals surface area contributed by atoms with Gasteiger partial charge in [-0.2, -0.15) is 0 Å². The molecule has 2 aromatic rings. The van der Waals surface area contributed by atoms with Gasteiger partial charge in [0.25, 0.3) is 5.91 Å². The maximum absolute atomic E-state index is 12.7. The first-order valence-electron chi connectivity index (χ1n) is 7.16. The van der Waals surface area contributed by atoms with E-state index in [2.05, 4.69) is 0 Å². The van der Waals surface area contributed by atoms with Crippen LogP contribution in [0.3, 0.4) is 0 Å². The number of fused-ring (bicyclic) bond motifs is 1. The summed E-state index contributed by atoms with van der Waals surface area (Å²) in [5.74, 6) is 0.459. The molecular weight excluding hydrogens is 286 g/mol. The van der Waals surface area contributed by atoms with Crippen molar-refractivity contribution in [2.24, 2.45) is 0 Å². The predicted octanol–water partition coefficient (Wildman–Crippen LogP) is 3.31. The van der Waals surface area contributed by atoms with Crippen LogP contribution in [0, 0.1) is 0 Å². The third kappa shape index (κ3) is 2.89. The van der Waals surface area contributed by atoms with Gasteiger partial charge in [-0.25, -0.2) is 0 Å². The summed E-state index contributed by atoms with van der Waals surface area (Å²) < 4.78 is 5.60. The summed E-state index contributed by atoms with van der Waals surface area (Å²) in [6, 6.07) is 14.0. The zero-order valence-electron chi connectivity index (χ0n) is 12.0. The Morgan fingerprint density at radius 3 is 2.81 bits per heavy atom. The Kier molecular flexibility index (Phi) is 4.13. The minimum Gasteiger partial charge on any atom is -0.373 e. The molecule has 0 aromatic heterocycles. The maximum atomic E-state index is 12.7. The number of hydrogen-bond acceptors (Lipinski definition) is 2. The van der Waals surface area contributed by atoms with Crippen LogP contribution in [0.1, 0.15) is 17.3 Å². The molecule has 3 rings (SSSR count). The van der Waals surface area contributed by atoms with E-state index >= 15 is 0 Å². The number of hydrogen-bond donors (Lipinski definition) is 0. The second-order valence-electron chi connectivity index (χ2n) is 5.48. The lowest BCUT2D eigenvalue weighted by atomic mass is 10.1. The number of morpholine rings is 1. The first kappa shape index (κ1) is 14.4. The lowest BCUT2D eigenvalue weighted by molar-refractivity contribution is -0.0371. The summed E-state index contributed by atoms with van der Waals surface area (Å²) in [4.78, 5) is 14.6. The van der Waals surface area contributed by atoms with Gasteiger partial charge >= 0.3 is 0 Å². The van der Waals surface area contributed by atoms with E-state index in [1.807, 2.05) is 54.3 Å². The largest absolute Gasteiger partial charge is 0.373 e. The van der Waals surface area contributed by atoms with Gasteiger partial charge in [-0.3, -0.25) is 4.79 Å². The van der Waals surface area contributed by atoms with Gasteiger partial charge in [0.1, 0.15) is 0 Å². The molecule has 0 spiro atoms. The second-order valence-corrected chi connectivity index (χ2v) is 5.79. The highest BCUT2D eigenvalue weighted by Gasteiger charge is 2.29. The van der Waals surface area contributed by atoms with Crippen molar-refractivity contribution in [3.05, 3.63) is 48.0 Å². The molecule has 0 radical (unpaired) electrons. The Hall–Kier alpha value is -1.58. The Morgan fingerprint density at radius 2 is 2.05 bits per heavy atom. The zero-order valence-corrected chi connectivity index (χ0v) is 12.7. The third-order valence-corrected chi connectivity index (χ3v) is 4.28. The maximum Gasteiger partial charge on any atom is 0.254 e. The molecule has 21 heavy (non-hydrogen) atoms. The molecule has 1 aliphatic rings. The summed E-state index contributed by atoms with van der Waals surface area (Å²) in [5.41, 5.74) is 0.718. The van der Waals surface area contributed by atoms with Gasteiger partial charge in [0, 0.05) is 12.1 Å². The molecule has 2 aromatic carbocycles. The topological polar surface area (TPSA) is 29.5 Å². The van der Waals surface area contributed by atoms with Gasteiger partial charge in [0.05, 0.1) is 24.6 Å². The molecular formula is C17H18ClNO2. The summed E-state index contributed by atoms with van der Waals surface area (Å²) in [6.07, 6.45) is -0.0766. The minimum atomic E-state index is -0.0766. The number of carbonyl (C=O) groups is 1. The van der Waals surface area contributed by atoms with Gasteiger partial charge in [-0.05, 0) is 29.8 Å². The molecule has 0 aliphatic carbocycles. The van der Waals surface area contributed by atoms with Crippen LogP contribution in [-0.4, -0.2) is 42.0 Å². The fraction of sp³-hybridized carbons (Fsp3) is 0.353. The fourth-order valence-corrected chi connectivity index (χ4v) is 2.87. The van der Waals surface area contributed by atoms with E-state index in [1.54, 1.807) is 0 Å². The summed E-state index contributed by atoms with van der Waals surface area (Å²) >= 11 is 5.86. The molecule has 110 valence electrons. The van der Waals surface area contributed by atoms with Crippen LogP contribution in [0.2, 0.25) is 0 Å². The number of alkyl halides is 1. The van der Waals surface area contributed by atoms with Crippen molar-refractivity contribution in [1.82, 2.24) is 4.90 Å². The van der Waals surface area contributed by atoms with E-state index in [4.69, 9.17) is 16.3 Å². The number of ether oxygens (including phenoxy) is 1. The average molecular weight is 304 g/mol. The van der Waals surface area contributed by atoms with E-state index in [0.29, 0.717) is 19.0 Å². The molecule has 3 nitrogen and oxygen atoms in total. The molecule has 1 amide bonds. The number of nitrogens with zero attached hydrogens (tertiary/aromatic N) is 1. The Bertz CT molecular complexity index is 658. The highest BCUT2D eigenvalue weighted by molar-refractivity contribution is 6.18. The lowest BCUT2D eigenvalue weighted by Gasteiger charge is -2.37.